The summed E-state index contributed by atoms with van der Waals surface area (Å²) in [7, 11) is 0. The molecular formula is C11H11NO4. The summed E-state index contributed by atoms with van der Waals surface area (Å²) in [4.78, 5) is 20.7. The zero-order chi connectivity index (χ0) is 12.3. The molecule has 1 aromatic carbocycles. The highest BCUT2D eigenvalue weighted by Gasteiger charge is 2.09. The minimum Gasteiger partial charge on any atom is -0.478 e. The molecule has 0 unspecified atom stereocenters. The topological polar surface area (TPSA) is 80.4 Å². The number of carboxylic acids is 1. The Morgan fingerprint density at radius 3 is 2.12 bits per heavy atom. The number of carbonyl (C=O) groups is 1. The Labute approximate surface area is 92.2 Å². The number of rotatable bonds is 3. The number of hydrogen-bond donors (Lipinski definition) is 1. The normalized spacial score (nSPS) is 11.9. The molecule has 0 amide bonds. The SMILES string of the molecule is C/C(C(=O)O)=C(\C)c1ccc([N+](=O)[O-])cc1. The number of carboxylic acid groups (broad SMARTS) is 1. The van der Waals surface area contributed by atoms with Gasteiger partial charge in [-0.05, 0) is 37.1 Å². The van der Waals surface area contributed by atoms with Crippen LogP contribution in [0.5, 0.6) is 0 Å². The van der Waals surface area contributed by atoms with Gasteiger partial charge in [-0.1, -0.05) is 0 Å². The highest BCUT2D eigenvalue weighted by atomic mass is 16.6. The zero-order valence-electron chi connectivity index (χ0n) is 8.93. The quantitative estimate of drug-likeness (QED) is 0.483. The van der Waals surface area contributed by atoms with Gasteiger partial charge >= 0.3 is 5.97 Å². The molecule has 5 nitrogen and oxygen atoms in total. The number of allylic oxidation sites excluding steroid dienone is 1. The number of benzene rings is 1. The molecule has 0 aromatic heterocycles. The predicted octanol–water partition coefficient (Wildman–Crippen LogP) is 2.47. The third-order valence-corrected chi connectivity index (χ3v) is 2.39. The maximum atomic E-state index is 10.7. The van der Waals surface area contributed by atoms with Gasteiger partial charge in [-0.2, -0.15) is 0 Å². The summed E-state index contributed by atoms with van der Waals surface area (Å²) in [5, 5.41) is 19.2. The molecule has 0 saturated heterocycles. The molecule has 16 heavy (non-hydrogen) atoms. The van der Waals surface area contributed by atoms with E-state index in [1.54, 1.807) is 19.1 Å². The molecule has 5 heteroatoms. The van der Waals surface area contributed by atoms with E-state index in [2.05, 4.69) is 0 Å². The van der Waals surface area contributed by atoms with Crippen molar-refractivity contribution in [2.45, 2.75) is 13.8 Å². The number of nitro groups is 1. The van der Waals surface area contributed by atoms with Crippen molar-refractivity contribution in [1.29, 1.82) is 0 Å². The lowest BCUT2D eigenvalue weighted by Gasteiger charge is -2.03. The molecule has 0 spiro atoms. The first-order valence-corrected chi connectivity index (χ1v) is 4.59. The third-order valence-electron chi connectivity index (χ3n) is 2.39. The van der Waals surface area contributed by atoms with E-state index in [4.69, 9.17) is 5.11 Å². The number of nitrogens with zero attached hydrogens (tertiary/aromatic N) is 1. The van der Waals surface area contributed by atoms with Crippen molar-refractivity contribution in [3.8, 4) is 0 Å². The maximum Gasteiger partial charge on any atom is 0.331 e. The molecule has 84 valence electrons. The van der Waals surface area contributed by atoms with Crippen LogP contribution in [-0.2, 0) is 4.79 Å². The second-order valence-electron chi connectivity index (χ2n) is 3.36. The van der Waals surface area contributed by atoms with Crippen LogP contribution < -0.4 is 0 Å². The maximum absolute atomic E-state index is 10.7. The molecule has 0 bridgehead atoms. The van der Waals surface area contributed by atoms with Gasteiger partial charge in [0.25, 0.3) is 5.69 Å². The molecule has 1 aromatic rings. The summed E-state index contributed by atoms with van der Waals surface area (Å²) in [5.74, 6) is -0.990. The highest BCUT2D eigenvalue weighted by molar-refractivity contribution is 5.95. The van der Waals surface area contributed by atoms with Crippen LogP contribution in [0.1, 0.15) is 19.4 Å². The van der Waals surface area contributed by atoms with Gasteiger partial charge in [0.2, 0.25) is 0 Å². The van der Waals surface area contributed by atoms with Crippen LogP contribution in [0.2, 0.25) is 0 Å². The fraction of sp³-hybridized carbons (Fsp3) is 0.182. The number of nitro benzene ring substituents is 1. The van der Waals surface area contributed by atoms with Gasteiger partial charge < -0.3 is 5.11 Å². The second kappa shape index (κ2) is 4.57. The Morgan fingerprint density at radius 2 is 1.75 bits per heavy atom. The fourth-order valence-electron chi connectivity index (χ4n) is 1.21. The van der Waals surface area contributed by atoms with Gasteiger partial charge in [0.15, 0.2) is 0 Å². The van der Waals surface area contributed by atoms with Gasteiger partial charge in [0.1, 0.15) is 0 Å². The predicted molar refractivity (Wildman–Crippen MR) is 59.0 cm³/mol. The molecule has 0 fully saturated rings. The number of hydrogen-bond acceptors (Lipinski definition) is 3. The molecule has 0 heterocycles. The van der Waals surface area contributed by atoms with E-state index in [1.807, 2.05) is 0 Å². The first kappa shape index (κ1) is 11.9. The lowest BCUT2D eigenvalue weighted by Crippen LogP contribution is -1.99. The summed E-state index contributed by atoms with van der Waals surface area (Å²) in [6.45, 7) is 3.17. The summed E-state index contributed by atoms with van der Waals surface area (Å²) in [5.41, 5.74) is 1.49. The van der Waals surface area contributed by atoms with Crippen molar-refractivity contribution in [2.24, 2.45) is 0 Å². The number of non-ortho nitro benzene ring substituents is 1. The van der Waals surface area contributed by atoms with Crippen molar-refractivity contribution in [2.75, 3.05) is 0 Å². The van der Waals surface area contributed by atoms with Gasteiger partial charge in [0.05, 0.1) is 4.92 Å². The van der Waals surface area contributed by atoms with E-state index in [1.165, 1.54) is 19.1 Å². The Kier molecular flexibility index (Phi) is 3.40. The van der Waals surface area contributed by atoms with Crippen LogP contribution in [0.4, 0.5) is 5.69 Å². The Morgan fingerprint density at radius 1 is 1.25 bits per heavy atom. The average Bonchev–Trinajstić information content (AvgIpc) is 2.27. The summed E-state index contributed by atoms with van der Waals surface area (Å²) >= 11 is 0. The molecular weight excluding hydrogens is 210 g/mol. The molecule has 1 rings (SSSR count). The molecule has 0 radical (unpaired) electrons. The Balaban J connectivity index is 3.12. The zero-order valence-corrected chi connectivity index (χ0v) is 8.93. The van der Waals surface area contributed by atoms with E-state index in [-0.39, 0.29) is 11.3 Å². The molecule has 0 aliphatic heterocycles. The van der Waals surface area contributed by atoms with Crippen molar-refractivity contribution in [1.82, 2.24) is 0 Å². The minimum atomic E-state index is -0.990. The van der Waals surface area contributed by atoms with Crippen molar-refractivity contribution < 1.29 is 14.8 Å². The van der Waals surface area contributed by atoms with Gasteiger partial charge in [-0.15, -0.1) is 0 Å². The molecule has 0 aliphatic carbocycles. The first-order valence-electron chi connectivity index (χ1n) is 4.59. The first-order chi connectivity index (χ1) is 7.43. The van der Waals surface area contributed by atoms with E-state index in [0.717, 1.165) is 0 Å². The van der Waals surface area contributed by atoms with Crippen LogP contribution in [0, 0.1) is 10.1 Å². The van der Waals surface area contributed by atoms with Crippen LogP contribution in [0.3, 0.4) is 0 Å². The standard InChI is InChI=1S/C11H11NO4/c1-7(8(2)11(13)14)9-3-5-10(6-4-9)12(15)16/h3-6H,1-2H3,(H,13,14)/b8-7-. The lowest BCUT2D eigenvalue weighted by atomic mass is 10.0. The van der Waals surface area contributed by atoms with E-state index in [9.17, 15) is 14.9 Å². The average molecular weight is 221 g/mol. The lowest BCUT2D eigenvalue weighted by molar-refractivity contribution is -0.384. The van der Waals surface area contributed by atoms with E-state index in [0.29, 0.717) is 11.1 Å². The largest absolute Gasteiger partial charge is 0.478 e. The minimum absolute atomic E-state index is 0.00970. The van der Waals surface area contributed by atoms with Crippen LogP contribution in [-0.4, -0.2) is 16.0 Å². The van der Waals surface area contributed by atoms with E-state index < -0.39 is 10.9 Å². The van der Waals surface area contributed by atoms with Crippen LogP contribution in [0.15, 0.2) is 29.8 Å². The molecule has 0 aliphatic rings. The number of aliphatic carboxylic acids is 1. The van der Waals surface area contributed by atoms with E-state index >= 15 is 0 Å². The second-order valence-corrected chi connectivity index (χ2v) is 3.36. The van der Waals surface area contributed by atoms with Gasteiger partial charge in [-0.3, -0.25) is 10.1 Å². The van der Waals surface area contributed by atoms with Gasteiger partial charge in [-0.25, -0.2) is 4.79 Å². The molecule has 1 N–H and O–H groups in total. The summed E-state index contributed by atoms with van der Waals surface area (Å²) < 4.78 is 0. The Bertz CT molecular complexity index is 459. The fourth-order valence-corrected chi connectivity index (χ4v) is 1.21. The van der Waals surface area contributed by atoms with Crippen molar-refractivity contribution in [3.05, 3.63) is 45.5 Å². The van der Waals surface area contributed by atoms with Crippen LogP contribution >= 0.6 is 0 Å². The summed E-state index contributed by atoms with van der Waals surface area (Å²) in [6.07, 6.45) is 0. The summed E-state index contributed by atoms with van der Waals surface area (Å²) in [6, 6.07) is 5.79. The third kappa shape index (κ3) is 2.44. The highest BCUT2D eigenvalue weighted by Crippen LogP contribution is 2.21. The molecule has 0 saturated carbocycles. The van der Waals surface area contributed by atoms with Crippen molar-refractivity contribution >= 4 is 17.2 Å². The monoisotopic (exact) mass is 221 g/mol. The van der Waals surface area contributed by atoms with Crippen molar-refractivity contribution in [3.63, 3.8) is 0 Å². The Hall–Kier alpha value is -2.17. The van der Waals surface area contributed by atoms with Gasteiger partial charge in [0, 0.05) is 17.7 Å². The van der Waals surface area contributed by atoms with Crippen LogP contribution in [0.25, 0.3) is 5.57 Å². The smallest absolute Gasteiger partial charge is 0.331 e. The molecule has 0 atom stereocenters.